The van der Waals surface area contributed by atoms with E-state index in [0.717, 1.165) is 4.70 Å². The molecule has 6 rings (SSSR count). The molecule has 0 saturated heterocycles. The van der Waals surface area contributed by atoms with E-state index in [2.05, 4.69) is 4.98 Å². The van der Waals surface area contributed by atoms with Crippen LogP contribution in [-0.2, 0) is 0 Å². The fourth-order valence-corrected chi connectivity index (χ4v) is 5.35. The Hall–Kier alpha value is -4.57. The molecule has 5 aromatic rings. The molecular formula is C25H15N3O6S. The monoisotopic (exact) mass is 485 g/mol. The lowest BCUT2D eigenvalue weighted by molar-refractivity contribution is -0.384. The molecule has 0 fully saturated rings. The predicted octanol–water partition coefficient (Wildman–Crippen LogP) is 5.07. The number of carbonyl (C=O) groups excluding carboxylic acids is 1. The van der Waals surface area contributed by atoms with Crippen LogP contribution in [0, 0.1) is 10.1 Å². The minimum atomic E-state index is -0.860. The van der Waals surface area contributed by atoms with Crippen molar-refractivity contribution in [2.24, 2.45) is 0 Å². The Morgan fingerprint density at radius 3 is 2.60 bits per heavy atom. The fraction of sp³-hybridized carbons (Fsp3) is 0.0800. The van der Waals surface area contributed by atoms with E-state index >= 15 is 0 Å². The Labute approximate surface area is 201 Å². The van der Waals surface area contributed by atoms with Crippen LogP contribution in [0.4, 0.5) is 10.8 Å². The molecule has 1 aliphatic heterocycles. The van der Waals surface area contributed by atoms with E-state index in [4.69, 9.17) is 9.15 Å². The van der Waals surface area contributed by atoms with Crippen LogP contribution in [0.1, 0.15) is 27.7 Å². The predicted molar refractivity (Wildman–Crippen MR) is 130 cm³/mol. The summed E-state index contributed by atoms with van der Waals surface area (Å²) >= 11 is 1.28. The van der Waals surface area contributed by atoms with E-state index in [-0.39, 0.29) is 22.4 Å². The molecule has 1 aliphatic rings. The third-order valence-corrected chi connectivity index (χ3v) is 7.01. The summed E-state index contributed by atoms with van der Waals surface area (Å²) in [5, 5.41) is 11.9. The van der Waals surface area contributed by atoms with Gasteiger partial charge in [-0.15, -0.1) is 0 Å². The molecule has 1 unspecified atom stereocenters. The molecule has 0 aliphatic carbocycles. The Kier molecular flexibility index (Phi) is 4.64. The van der Waals surface area contributed by atoms with Gasteiger partial charge in [0.1, 0.15) is 11.3 Å². The van der Waals surface area contributed by atoms with E-state index in [9.17, 15) is 19.7 Å². The van der Waals surface area contributed by atoms with Crippen molar-refractivity contribution in [2.75, 3.05) is 12.0 Å². The number of benzene rings is 3. The summed E-state index contributed by atoms with van der Waals surface area (Å²) in [6.07, 6.45) is 0. The van der Waals surface area contributed by atoms with Gasteiger partial charge in [0, 0.05) is 12.1 Å². The molecule has 0 N–H and O–H groups in total. The van der Waals surface area contributed by atoms with Crippen molar-refractivity contribution >= 4 is 49.2 Å². The number of aromatic nitrogens is 1. The zero-order chi connectivity index (χ0) is 24.3. The lowest BCUT2D eigenvalue weighted by Gasteiger charge is -2.22. The maximum Gasteiger partial charge on any atom is 0.297 e. The van der Waals surface area contributed by atoms with Gasteiger partial charge in [0.05, 0.1) is 39.2 Å². The molecule has 3 heterocycles. The van der Waals surface area contributed by atoms with E-state index < -0.39 is 16.9 Å². The average Bonchev–Trinajstić information content (AvgIpc) is 3.42. The highest BCUT2D eigenvalue weighted by atomic mass is 32.1. The number of rotatable bonds is 4. The number of hydrogen-bond donors (Lipinski definition) is 0. The first-order valence-electron chi connectivity index (χ1n) is 10.5. The van der Waals surface area contributed by atoms with E-state index in [0.29, 0.717) is 32.9 Å². The second kappa shape index (κ2) is 7.74. The van der Waals surface area contributed by atoms with Gasteiger partial charge < -0.3 is 9.15 Å². The van der Waals surface area contributed by atoms with Gasteiger partial charge in [0.15, 0.2) is 10.6 Å². The summed E-state index contributed by atoms with van der Waals surface area (Å²) in [4.78, 5) is 44.0. The number of nitrogens with zero attached hydrogens (tertiary/aromatic N) is 3. The summed E-state index contributed by atoms with van der Waals surface area (Å²) in [5.41, 5.74) is 1.26. The van der Waals surface area contributed by atoms with Crippen LogP contribution in [-0.4, -0.2) is 22.9 Å². The van der Waals surface area contributed by atoms with Crippen molar-refractivity contribution < 1.29 is 18.9 Å². The van der Waals surface area contributed by atoms with Gasteiger partial charge in [-0.1, -0.05) is 23.5 Å². The van der Waals surface area contributed by atoms with Gasteiger partial charge in [0.25, 0.3) is 11.6 Å². The number of methoxy groups -OCH3 is 1. The van der Waals surface area contributed by atoms with Crippen molar-refractivity contribution in [1.29, 1.82) is 0 Å². The highest BCUT2D eigenvalue weighted by Crippen LogP contribution is 2.44. The van der Waals surface area contributed by atoms with Crippen molar-refractivity contribution in [1.82, 2.24) is 4.98 Å². The van der Waals surface area contributed by atoms with Crippen molar-refractivity contribution in [3.8, 4) is 5.75 Å². The average molecular weight is 485 g/mol. The highest BCUT2D eigenvalue weighted by molar-refractivity contribution is 7.22. The summed E-state index contributed by atoms with van der Waals surface area (Å²) < 4.78 is 12.0. The zero-order valence-electron chi connectivity index (χ0n) is 18.1. The van der Waals surface area contributed by atoms with Crippen LogP contribution < -0.4 is 15.1 Å². The minimum absolute atomic E-state index is 0.0612. The van der Waals surface area contributed by atoms with Crippen LogP contribution in [0.25, 0.3) is 21.2 Å². The molecule has 3 aromatic carbocycles. The summed E-state index contributed by atoms with van der Waals surface area (Å²) in [7, 11) is 1.57. The molecule has 35 heavy (non-hydrogen) atoms. The third kappa shape index (κ3) is 3.18. The minimum Gasteiger partial charge on any atom is -0.497 e. The Bertz CT molecular complexity index is 1720. The topological polar surface area (TPSA) is 116 Å². The quantitative estimate of drug-likeness (QED) is 0.258. The number of hydrogen-bond acceptors (Lipinski definition) is 8. The van der Waals surface area contributed by atoms with Crippen molar-refractivity contribution in [2.45, 2.75) is 6.04 Å². The van der Waals surface area contributed by atoms with Gasteiger partial charge in [0.2, 0.25) is 5.76 Å². The second-order valence-corrected chi connectivity index (χ2v) is 8.94. The molecule has 1 atom stereocenters. The first kappa shape index (κ1) is 21.0. The first-order chi connectivity index (χ1) is 17.0. The van der Waals surface area contributed by atoms with Crippen LogP contribution in [0.2, 0.25) is 0 Å². The van der Waals surface area contributed by atoms with Gasteiger partial charge in [-0.25, -0.2) is 4.98 Å². The Morgan fingerprint density at radius 2 is 1.86 bits per heavy atom. The molecule has 10 heteroatoms. The Morgan fingerprint density at radius 1 is 1.09 bits per heavy atom. The largest absolute Gasteiger partial charge is 0.497 e. The number of non-ortho nitro benzene ring substituents is 1. The van der Waals surface area contributed by atoms with Gasteiger partial charge in [-0.2, -0.15) is 0 Å². The van der Waals surface area contributed by atoms with Gasteiger partial charge >= 0.3 is 0 Å². The normalized spacial score (nSPS) is 15.1. The molecule has 2 aromatic heterocycles. The number of para-hydroxylation sites is 1. The fourth-order valence-electron chi connectivity index (χ4n) is 4.33. The maximum absolute atomic E-state index is 13.7. The summed E-state index contributed by atoms with van der Waals surface area (Å²) in [6, 6.07) is 17.0. The van der Waals surface area contributed by atoms with E-state index in [1.165, 1.54) is 28.4 Å². The zero-order valence-corrected chi connectivity index (χ0v) is 18.9. The number of nitro benzene ring substituents is 1. The molecular weight excluding hydrogens is 470 g/mol. The van der Waals surface area contributed by atoms with Crippen LogP contribution in [0.5, 0.6) is 5.75 Å². The Balaban J connectivity index is 1.60. The molecule has 0 radical (unpaired) electrons. The van der Waals surface area contributed by atoms with E-state index in [1.54, 1.807) is 55.6 Å². The highest BCUT2D eigenvalue weighted by Gasteiger charge is 2.45. The van der Waals surface area contributed by atoms with E-state index in [1.807, 2.05) is 6.07 Å². The number of nitro groups is 1. The lowest BCUT2D eigenvalue weighted by atomic mass is 9.98. The molecule has 1 amide bonds. The SMILES string of the molecule is COc1ccc2nc(N3C(=O)c4oc5ccccc5c(=O)c4C3c3ccc([N+](=O)[O-])cc3)sc2c1. The van der Waals surface area contributed by atoms with Crippen LogP contribution in [0.15, 0.2) is 75.9 Å². The molecule has 0 saturated carbocycles. The molecule has 0 bridgehead atoms. The van der Waals surface area contributed by atoms with Crippen LogP contribution >= 0.6 is 11.3 Å². The summed E-state index contributed by atoms with van der Waals surface area (Å²) in [6.45, 7) is 0. The first-order valence-corrected chi connectivity index (χ1v) is 11.4. The summed E-state index contributed by atoms with van der Waals surface area (Å²) in [5.74, 6) is 0.0878. The van der Waals surface area contributed by atoms with Crippen molar-refractivity contribution in [3.63, 3.8) is 0 Å². The number of carbonyl (C=O) groups is 1. The standard InChI is InChI=1S/C25H15N3O6S/c1-33-15-10-11-17-19(12-15)35-25(26-17)27-21(13-6-8-14(9-7-13)28(31)32)20-22(29)16-4-2-3-5-18(16)34-23(20)24(27)30/h2-12,21H,1H3. The number of fused-ring (bicyclic) bond motifs is 3. The van der Waals surface area contributed by atoms with Gasteiger partial charge in [-0.3, -0.25) is 24.6 Å². The smallest absolute Gasteiger partial charge is 0.297 e. The second-order valence-electron chi connectivity index (χ2n) is 7.93. The van der Waals surface area contributed by atoms with Crippen LogP contribution in [0.3, 0.4) is 0 Å². The molecule has 172 valence electrons. The molecule has 9 nitrogen and oxygen atoms in total. The maximum atomic E-state index is 13.7. The van der Waals surface area contributed by atoms with Crippen molar-refractivity contribution in [3.05, 3.63) is 104 Å². The number of anilines is 1. The number of amides is 1. The third-order valence-electron chi connectivity index (χ3n) is 5.99. The molecule has 0 spiro atoms. The van der Waals surface area contributed by atoms with Gasteiger partial charge in [-0.05, 0) is 48.0 Å². The number of ether oxygens (including phenoxy) is 1. The lowest BCUT2D eigenvalue weighted by Crippen LogP contribution is -2.29. The number of thiazole rings is 1.